The van der Waals surface area contributed by atoms with E-state index in [4.69, 9.17) is 16.9 Å². The molecule has 0 spiro atoms. The Morgan fingerprint density at radius 3 is 2.59 bits per heavy atom. The molecule has 0 radical (unpaired) electrons. The number of thiophene rings is 1. The Labute approximate surface area is 167 Å². The maximum absolute atomic E-state index is 8.82. The van der Waals surface area contributed by atoms with Gasteiger partial charge in [-0.25, -0.2) is 0 Å². The zero-order valence-corrected chi connectivity index (χ0v) is 16.2. The van der Waals surface area contributed by atoms with Crippen molar-refractivity contribution in [3.05, 3.63) is 64.1 Å². The number of hydrogen-bond acceptors (Lipinski definition) is 6. The lowest BCUT2D eigenvalue weighted by molar-refractivity contribution is 0.251. The SMILES string of the molecule is N#Cc1ccc(N2CCN(Cc3ccc(-c4cccc(Cl)c4)s3)CC2)nn1. The van der Waals surface area contributed by atoms with Crippen molar-refractivity contribution >= 4 is 28.8 Å². The number of piperazine rings is 1. The largest absolute Gasteiger partial charge is 0.353 e. The Morgan fingerprint density at radius 1 is 1.04 bits per heavy atom. The van der Waals surface area contributed by atoms with Gasteiger partial charge in [-0.2, -0.15) is 5.26 Å². The van der Waals surface area contributed by atoms with Crippen LogP contribution in [0, 0.1) is 11.3 Å². The molecule has 0 N–H and O–H groups in total. The Kier molecular flexibility index (Phi) is 5.35. The summed E-state index contributed by atoms with van der Waals surface area (Å²) in [6.07, 6.45) is 0. The third-order valence-corrected chi connectivity index (χ3v) is 5.97. The van der Waals surface area contributed by atoms with Gasteiger partial charge in [0.25, 0.3) is 0 Å². The van der Waals surface area contributed by atoms with E-state index in [1.165, 1.54) is 15.3 Å². The maximum Gasteiger partial charge on any atom is 0.163 e. The summed E-state index contributed by atoms with van der Waals surface area (Å²) in [5.41, 5.74) is 1.52. The Balaban J connectivity index is 1.35. The second kappa shape index (κ2) is 8.05. The summed E-state index contributed by atoms with van der Waals surface area (Å²) in [5.74, 6) is 0.841. The lowest BCUT2D eigenvalue weighted by Gasteiger charge is -2.34. The molecule has 0 saturated carbocycles. The standard InChI is InChI=1S/C20H18ClN5S/c21-16-3-1-2-15(12-16)19-6-5-18(27-19)14-25-8-10-26(11-9-25)20-7-4-17(13-22)23-24-20/h1-7,12H,8-11,14H2. The van der Waals surface area contributed by atoms with Gasteiger partial charge in [-0.3, -0.25) is 4.90 Å². The van der Waals surface area contributed by atoms with Gasteiger partial charge >= 0.3 is 0 Å². The third-order valence-electron chi connectivity index (χ3n) is 4.61. The van der Waals surface area contributed by atoms with E-state index in [-0.39, 0.29) is 0 Å². The molecule has 1 aliphatic rings. The summed E-state index contributed by atoms with van der Waals surface area (Å²) < 4.78 is 0. The van der Waals surface area contributed by atoms with E-state index in [1.54, 1.807) is 6.07 Å². The number of nitriles is 1. The smallest absolute Gasteiger partial charge is 0.163 e. The zero-order chi connectivity index (χ0) is 18.6. The Morgan fingerprint density at radius 2 is 1.89 bits per heavy atom. The normalized spacial score (nSPS) is 14.9. The van der Waals surface area contributed by atoms with Crippen molar-refractivity contribution in [3.8, 4) is 16.5 Å². The first-order valence-electron chi connectivity index (χ1n) is 8.77. The van der Waals surface area contributed by atoms with Crippen LogP contribution in [0.2, 0.25) is 5.02 Å². The number of aromatic nitrogens is 2. The van der Waals surface area contributed by atoms with E-state index >= 15 is 0 Å². The fourth-order valence-electron chi connectivity index (χ4n) is 3.17. The quantitative estimate of drug-likeness (QED) is 0.667. The summed E-state index contributed by atoms with van der Waals surface area (Å²) in [4.78, 5) is 7.29. The number of anilines is 1. The predicted molar refractivity (Wildman–Crippen MR) is 109 cm³/mol. The molecule has 1 fully saturated rings. The average molecular weight is 396 g/mol. The maximum atomic E-state index is 8.82. The predicted octanol–water partition coefficient (Wildman–Crippen LogP) is 4.05. The van der Waals surface area contributed by atoms with Crippen LogP contribution in [0.25, 0.3) is 10.4 Å². The summed E-state index contributed by atoms with van der Waals surface area (Å²) in [6.45, 7) is 4.73. The van der Waals surface area contributed by atoms with E-state index < -0.39 is 0 Å². The Bertz CT molecular complexity index is 955. The van der Waals surface area contributed by atoms with Crippen molar-refractivity contribution in [1.82, 2.24) is 15.1 Å². The highest BCUT2D eigenvalue weighted by Gasteiger charge is 2.19. The van der Waals surface area contributed by atoms with Crippen LogP contribution in [-0.2, 0) is 6.54 Å². The highest BCUT2D eigenvalue weighted by atomic mass is 35.5. The average Bonchev–Trinajstić information content (AvgIpc) is 3.17. The van der Waals surface area contributed by atoms with Gasteiger partial charge in [0.1, 0.15) is 6.07 Å². The molecule has 1 saturated heterocycles. The minimum Gasteiger partial charge on any atom is -0.353 e. The van der Waals surface area contributed by atoms with Gasteiger partial charge in [-0.05, 0) is 42.0 Å². The number of hydrogen-bond donors (Lipinski definition) is 0. The molecule has 136 valence electrons. The number of benzene rings is 1. The molecule has 0 amide bonds. The molecule has 0 unspecified atom stereocenters. The van der Waals surface area contributed by atoms with E-state index in [0.717, 1.165) is 43.6 Å². The van der Waals surface area contributed by atoms with Crippen LogP contribution >= 0.6 is 22.9 Å². The first-order chi connectivity index (χ1) is 13.2. The summed E-state index contributed by atoms with van der Waals surface area (Å²) in [5, 5.41) is 17.7. The molecule has 5 nitrogen and oxygen atoms in total. The highest BCUT2D eigenvalue weighted by Crippen LogP contribution is 2.30. The minimum atomic E-state index is 0.352. The molecule has 1 aliphatic heterocycles. The molecule has 2 aromatic heterocycles. The van der Waals surface area contributed by atoms with E-state index in [2.05, 4.69) is 38.2 Å². The lowest BCUT2D eigenvalue weighted by Crippen LogP contribution is -2.46. The van der Waals surface area contributed by atoms with Crippen LogP contribution in [0.4, 0.5) is 5.82 Å². The van der Waals surface area contributed by atoms with Crippen molar-refractivity contribution in [2.45, 2.75) is 6.54 Å². The van der Waals surface area contributed by atoms with Crippen LogP contribution in [-0.4, -0.2) is 41.3 Å². The first kappa shape index (κ1) is 17.9. The third kappa shape index (κ3) is 4.28. The topological polar surface area (TPSA) is 56.1 Å². The summed E-state index contributed by atoms with van der Waals surface area (Å²) in [7, 11) is 0. The van der Waals surface area contributed by atoms with Crippen molar-refractivity contribution in [1.29, 1.82) is 5.26 Å². The molecule has 7 heteroatoms. The van der Waals surface area contributed by atoms with Gasteiger partial charge < -0.3 is 4.90 Å². The molecule has 4 rings (SSSR count). The summed E-state index contributed by atoms with van der Waals surface area (Å²) in [6, 6.07) is 18.0. The molecular weight excluding hydrogens is 378 g/mol. The van der Waals surface area contributed by atoms with Crippen molar-refractivity contribution in [2.75, 3.05) is 31.1 Å². The van der Waals surface area contributed by atoms with E-state index in [1.807, 2.05) is 41.7 Å². The molecule has 3 aromatic rings. The minimum absolute atomic E-state index is 0.352. The molecule has 0 aliphatic carbocycles. The number of halogens is 1. The highest BCUT2D eigenvalue weighted by molar-refractivity contribution is 7.15. The molecule has 27 heavy (non-hydrogen) atoms. The van der Waals surface area contributed by atoms with Gasteiger partial charge in [-0.1, -0.05) is 23.7 Å². The van der Waals surface area contributed by atoms with Crippen LogP contribution < -0.4 is 4.90 Å². The van der Waals surface area contributed by atoms with Crippen LogP contribution in [0.5, 0.6) is 0 Å². The van der Waals surface area contributed by atoms with Crippen molar-refractivity contribution in [3.63, 3.8) is 0 Å². The number of rotatable bonds is 4. The van der Waals surface area contributed by atoms with Crippen LogP contribution in [0.3, 0.4) is 0 Å². The Hall–Kier alpha value is -2.46. The molecule has 0 bridgehead atoms. The summed E-state index contributed by atoms with van der Waals surface area (Å²) >= 11 is 7.93. The molecular formula is C20H18ClN5S. The van der Waals surface area contributed by atoms with Gasteiger partial charge in [0.15, 0.2) is 11.5 Å². The van der Waals surface area contributed by atoms with E-state index in [9.17, 15) is 0 Å². The second-order valence-corrected chi connectivity index (χ2v) is 8.03. The van der Waals surface area contributed by atoms with Crippen LogP contribution in [0.1, 0.15) is 10.6 Å². The van der Waals surface area contributed by atoms with Crippen molar-refractivity contribution < 1.29 is 0 Å². The van der Waals surface area contributed by atoms with Crippen LogP contribution in [0.15, 0.2) is 48.5 Å². The lowest BCUT2D eigenvalue weighted by atomic mass is 10.2. The monoisotopic (exact) mass is 395 g/mol. The van der Waals surface area contributed by atoms with Gasteiger partial charge in [0, 0.05) is 47.5 Å². The fraction of sp³-hybridized carbons (Fsp3) is 0.250. The first-order valence-corrected chi connectivity index (χ1v) is 9.96. The van der Waals surface area contributed by atoms with Gasteiger partial charge in [0.2, 0.25) is 0 Å². The zero-order valence-electron chi connectivity index (χ0n) is 14.7. The van der Waals surface area contributed by atoms with E-state index in [0.29, 0.717) is 5.69 Å². The number of nitrogens with zero attached hydrogens (tertiary/aromatic N) is 5. The van der Waals surface area contributed by atoms with Crippen molar-refractivity contribution in [2.24, 2.45) is 0 Å². The van der Waals surface area contributed by atoms with Gasteiger partial charge in [0.05, 0.1) is 0 Å². The second-order valence-electron chi connectivity index (χ2n) is 6.43. The fourth-order valence-corrected chi connectivity index (χ4v) is 4.41. The molecule has 1 aromatic carbocycles. The molecule has 0 atom stereocenters. The molecule has 3 heterocycles. The van der Waals surface area contributed by atoms with Gasteiger partial charge in [-0.15, -0.1) is 21.5 Å².